The number of phenolic OH excluding ortho intramolecular Hbond substituents is 3. The minimum Gasteiger partial charge on any atom is -0.508 e. The van der Waals surface area contributed by atoms with Gasteiger partial charge in [0.1, 0.15) is 17.2 Å². The molecule has 0 saturated heterocycles. The van der Waals surface area contributed by atoms with Gasteiger partial charge in [-0.15, -0.1) is 0 Å². The molecule has 7 heteroatoms. The van der Waals surface area contributed by atoms with Gasteiger partial charge in [-0.05, 0) is 30.3 Å². The van der Waals surface area contributed by atoms with Crippen molar-refractivity contribution in [2.45, 2.75) is 0 Å². The van der Waals surface area contributed by atoms with Gasteiger partial charge in [0.25, 0.3) is 5.91 Å². The molecule has 5 N–H and O–H groups in total. The van der Waals surface area contributed by atoms with Crippen molar-refractivity contribution in [2.75, 3.05) is 5.32 Å². The molecule has 7 nitrogen and oxygen atoms in total. The maximum Gasteiger partial charge on any atom is 0.335 e. The van der Waals surface area contributed by atoms with E-state index in [2.05, 4.69) is 5.32 Å². The third kappa shape index (κ3) is 3.03. The van der Waals surface area contributed by atoms with Crippen LogP contribution in [-0.4, -0.2) is 32.3 Å². The second-order valence-corrected chi connectivity index (χ2v) is 4.19. The zero-order chi connectivity index (χ0) is 15.6. The minimum absolute atomic E-state index is 0.104. The van der Waals surface area contributed by atoms with E-state index in [1.165, 1.54) is 18.2 Å². The molecule has 0 radical (unpaired) electrons. The second kappa shape index (κ2) is 5.41. The number of aromatic hydroxyl groups is 3. The van der Waals surface area contributed by atoms with Crippen molar-refractivity contribution in [3.05, 3.63) is 47.5 Å². The van der Waals surface area contributed by atoms with Crippen molar-refractivity contribution in [1.82, 2.24) is 0 Å². The average Bonchev–Trinajstić information content (AvgIpc) is 2.40. The fraction of sp³-hybridized carbons (Fsp3) is 0. The summed E-state index contributed by atoms with van der Waals surface area (Å²) in [5.74, 6) is -2.93. The quantitative estimate of drug-likeness (QED) is 0.548. The molecule has 0 atom stereocenters. The first-order chi connectivity index (χ1) is 9.88. The lowest BCUT2D eigenvalue weighted by molar-refractivity contribution is 0.0696. The Balaban J connectivity index is 2.31. The molecular formula is C14H11NO6. The molecule has 0 spiro atoms. The first-order valence-electron chi connectivity index (χ1n) is 5.78. The van der Waals surface area contributed by atoms with Crippen molar-refractivity contribution in [3.63, 3.8) is 0 Å². The number of hydrogen-bond donors (Lipinski definition) is 5. The lowest BCUT2D eigenvalue weighted by Crippen LogP contribution is -2.12. The van der Waals surface area contributed by atoms with Crippen molar-refractivity contribution < 1.29 is 30.0 Å². The SMILES string of the molecule is O=C(O)c1ccc(O)c(NC(=O)c2ccc(O)cc2O)c1. The third-order valence-corrected chi connectivity index (χ3v) is 2.72. The van der Waals surface area contributed by atoms with Gasteiger partial charge in [0.05, 0.1) is 16.8 Å². The van der Waals surface area contributed by atoms with Crippen LogP contribution in [-0.2, 0) is 0 Å². The monoisotopic (exact) mass is 289 g/mol. The fourth-order valence-corrected chi connectivity index (χ4v) is 1.67. The summed E-state index contributed by atoms with van der Waals surface area (Å²) in [4.78, 5) is 22.8. The summed E-state index contributed by atoms with van der Waals surface area (Å²) in [5.41, 5.74) is -0.349. The summed E-state index contributed by atoms with van der Waals surface area (Å²) < 4.78 is 0. The van der Waals surface area contributed by atoms with E-state index < -0.39 is 17.6 Å². The highest BCUT2D eigenvalue weighted by atomic mass is 16.4. The van der Waals surface area contributed by atoms with Crippen LogP contribution < -0.4 is 5.32 Å². The van der Waals surface area contributed by atoms with E-state index in [1.807, 2.05) is 0 Å². The Morgan fingerprint density at radius 1 is 0.905 bits per heavy atom. The van der Waals surface area contributed by atoms with Crippen molar-refractivity contribution in [3.8, 4) is 17.2 Å². The molecule has 0 aliphatic heterocycles. The Hall–Kier alpha value is -3.22. The molecule has 1 amide bonds. The number of aromatic carboxylic acids is 1. The van der Waals surface area contributed by atoms with Crippen LogP contribution in [0.3, 0.4) is 0 Å². The Labute approximate surface area is 118 Å². The number of amides is 1. The first-order valence-corrected chi connectivity index (χ1v) is 5.78. The van der Waals surface area contributed by atoms with Crippen LogP contribution in [0, 0.1) is 0 Å². The van der Waals surface area contributed by atoms with Gasteiger partial charge < -0.3 is 25.7 Å². The van der Waals surface area contributed by atoms with Crippen molar-refractivity contribution in [2.24, 2.45) is 0 Å². The maximum absolute atomic E-state index is 12.0. The molecule has 0 saturated carbocycles. The number of carboxylic acid groups (broad SMARTS) is 1. The molecule has 0 aliphatic carbocycles. The molecule has 0 unspecified atom stereocenters. The van der Waals surface area contributed by atoms with Gasteiger partial charge >= 0.3 is 5.97 Å². The summed E-state index contributed by atoms with van der Waals surface area (Å²) in [7, 11) is 0. The first kappa shape index (κ1) is 14.2. The van der Waals surface area contributed by atoms with Gasteiger partial charge in [0.2, 0.25) is 0 Å². The van der Waals surface area contributed by atoms with E-state index in [9.17, 15) is 19.8 Å². The van der Waals surface area contributed by atoms with Crippen LogP contribution in [0.15, 0.2) is 36.4 Å². The van der Waals surface area contributed by atoms with Gasteiger partial charge in [-0.1, -0.05) is 0 Å². The number of nitrogens with one attached hydrogen (secondary N) is 1. The summed E-state index contributed by atoms with van der Waals surface area (Å²) in [6.45, 7) is 0. The summed E-state index contributed by atoms with van der Waals surface area (Å²) in [6.07, 6.45) is 0. The van der Waals surface area contributed by atoms with E-state index in [0.29, 0.717) is 0 Å². The van der Waals surface area contributed by atoms with Crippen LogP contribution in [0.4, 0.5) is 5.69 Å². The van der Waals surface area contributed by atoms with E-state index in [-0.39, 0.29) is 28.3 Å². The number of carbonyl (C=O) groups excluding carboxylic acids is 1. The second-order valence-electron chi connectivity index (χ2n) is 4.19. The van der Waals surface area contributed by atoms with Crippen LogP contribution >= 0.6 is 0 Å². The zero-order valence-electron chi connectivity index (χ0n) is 10.6. The highest BCUT2D eigenvalue weighted by molar-refractivity contribution is 6.07. The van der Waals surface area contributed by atoms with Gasteiger partial charge in [-0.2, -0.15) is 0 Å². The van der Waals surface area contributed by atoms with Crippen LogP contribution in [0.1, 0.15) is 20.7 Å². The molecule has 0 heterocycles. The van der Waals surface area contributed by atoms with Crippen LogP contribution in [0.2, 0.25) is 0 Å². The van der Waals surface area contributed by atoms with E-state index in [1.54, 1.807) is 0 Å². The van der Waals surface area contributed by atoms with Crippen LogP contribution in [0.5, 0.6) is 17.2 Å². The highest BCUT2D eigenvalue weighted by Gasteiger charge is 2.15. The van der Waals surface area contributed by atoms with Crippen molar-refractivity contribution >= 4 is 17.6 Å². The van der Waals surface area contributed by atoms with Crippen LogP contribution in [0.25, 0.3) is 0 Å². The minimum atomic E-state index is -1.21. The number of hydrogen-bond acceptors (Lipinski definition) is 5. The molecule has 0 fully saturated rings. The molecule has 108 valence electrons. The average molecular weight is 289 g/mol. The smallest absolute Gasteiger partial charge is 0.335 e. The predicted molar refractivity (Wildman–Crippen MR) is 72.8 cm³/mol. The molecular weight excluding hydrogens is 278 g/mol. The Morgan fingerprint density at radius 2 is 1.62 bits per heavy atom. The molecule has 21 heavy (non-hydrogen) atoms. The third-order valence-electron chi connectivity index (χ3n) is 2.72. The predicted octanol–water partition coefficient (Wildman–Crippen LogP) is 1.75. The summed E-state index contributed by atoms with van der Waals surface area (Å²) >= 11 is 0. The summed E-state index contributed by atoms with van der Waals surface area (Å²) in [6, 6.07) is 6.80. The standard InChI is InChI=1S/C14H11NO6/c16-8-2-3-9(12(18)6-8)13(19)15-10-5-7(14(20)21)1-4-11(10)17/h1-6,16-18H,(H,15,19)(H,20,21). The lowest BCUT2D eigenvalue weighted by atomic mass is 10.1. The van der Waals surface area contributed by atoms with Gasteiger partial charge in [-0.3, -0.25) is 4.79 Å². The number of benzene rings is 2. The lowest BCUT2D eigenvalue weighted by Gasteiger charge is -2.09. The molecule has 2 aromatic carbocycles. The van der Waals surface area contributed by atoms with Crippen molar-refractivity contribution in [1.29, 1.82) is 0 Å². The largest absolute Gasteiger partial charge is 0.508 e. The number of anilines is 1. The van der Waals surface area contributed by atoms with E-state index in [0.717, 1.165) is 18.2 Å². The fourth-order valence-electron chi connectivity index (χ4n) is 1.67. The normalized spacial score (nSPS) is 10.1. The van der Waals surface area contributed by atoms with Gasteiger partial charge in [0.15, 0.2) is 0 Å². The molecule has 0 bridgehead atoms. The van der Waals surface area contributed by atoms with Gasteiger partial charge in [-0.25, -0.2) is 4.79 Å². The Morgan fingerprint density at radius 3 is 2.24 bits per heavy atom. The topological polar surface area (TPSA) is 127 Å². The Kier molecular flexibility index (Phi) is 3.66. The maximum atomic E-state index is 12.0. The van der Waals surface area contributed by atoms with E-state index >= 15 is 0 Å². The summed E-state index contributed by atoms with van der Waals surface area (Å²) in [5, 5.41) is 39.5. The molecule has 0 aliphatic rings. The molecule has 2 rings (SSSR count). The van der Waals surface area contributed by atoms with E-state index in [4.69, 9.17) is 10.2 Å². The zero-order valence-corrected chi connectivity index (χ0v) is 10.6. The Bertz CT molecular complexity index is 725. The number of carbonyl (C=O) groups is 2. The number of phenols is 3. The van der Waals surface area contributed by atoms with Gasteiger partial charge in [0, 0.05) is 6.07 Å². The highest BCUT2D eigenvalue weighted by Crippen LogP contribution is 2.27. The molecule has 2 aromatic rings. The number of rotatable bonds is 3. The molecule has 0 aromatic heterocycles. The number of carboxylic acids is 1.